The summed E-state index contributed by atoms with van der Waals surface area (Å²) >= 11 is 0. The van der Waals surface area contributed by atoms with E-state index in [1.165, 1.54) is 18.1 Å². The quantitative estimate of drug-likeness (QED) is 0.576. The van der Waals surface area contributed by atoms with Crippen molar-refractivity contribution >= 4 is 11.6 Å². The topological polar surface area (TPSA) is 72.7 Å². The maximum Gasteiger partial charge on any atom is 0.311 e. The van der Waals surface area contributed by atoms with Crippen molar-refractivity contribution in [3.63, 3.8) is 0 Å². The summed E-state index contributed by atoms with van der Waals surface area (Å²) in [5.41, 5.74) is 1.65. The molecular weight excluding hydrogens is 224 g/mol. The number of amides is 1. The van der Waals surface area contributed by atoms with E-state index in [-0.39, 0.29) is 17.3 Å². The van der Waals surface area contributed by atoms with Crippen molar-refractivity contribution < 1.29 is 14.5 Å². The number of benzene rings is 1. The van der Waals surface area contributed by atoms with Gasteiger partial charge in [-0.25, -0.2) is 0 Å². The number of nitro groups is 1. The Labute approximate surface area is 97.9 Å². The lowest BCUT2D eigenvalue weighted by Crippen LogP contribution is -2.17. The molecule has 1 aliphatic heterocycles. The third-order valence-electron chi connectivity index (χ3n) is 2.91. The molecule has 1 aromatic rings. The van der Waals surface area contributed by atoms with Gasteiger partial charge in [-0.2, -0.15) is 0 Å². The average molecular weight is 236 g/mol. The molecule has 0 saturated carbocycles. The smallest absolute Gasteiger partial charge is 0.311 e. The van der Waals surface area contributed by atoms with Crippen LogP contribution < -0.4 is 4.74 Å². The Morgan fingerprint density at radius 1 is 1.53 bits per heavy atom. The van der Waals surface area contributed by atoms with Gasteiger partial charge in [0.25, 0.3) is 5.91 Å². The first-order valence-corrected chi connectivity index (χ1v) is 5.07. The minimum atomic E-state index is -0.491. The molecule has 0 unspecified atom stereocenters. The molecule has 90 valence electrons. The second-order valence-electron chi connectivity index (χ2n) is 4.02. The van der Waals surface area contributed by atoms with Gasteiger partial charge in [0.15, 0.2) is 0 Å². The number of hydrogen-bond donors (Lipinski definition) is 0. The molecule has 1 heterocycles. The Balaban J connectivity index is 2.75. The molecule has 1 aliphatic rings. The highest BCUT2D eigenvalue weighted by atomic mass is 16.6. The Morgan fingerprint density at radius 2 is 2.18 bits per heavy atom. The zero-order valence-electron chi connectivity index (χ0n) is 9.81. The number of carbonyl (C=O) groups excluding carboxylic acids is 1. The summed E-state index contributed by atoms with van der Waals surface area (Å²) in [5, 5.41) is 10.9. The molecule has 0 fully saturated rings. The van der Waals surface area contributed by atoms with E-state index < -0.39 is 4.92 Å². The highest BCUT2D eigenvalue weighted by Gasteiger charge is 2.34. The SMILES string of the molecule is COc1c([N+](=O)[O-])cc(C)c2c1CN(C)C2=O. The van der Waals surface area contributed by atoms with Crippen molar-refractivity contribution in [1.29, 1.82) is 0 Å². The molecule has 6 nitrogen and oxygen atoms in total. The molecule has 17 heavy (non-hydrogen) atoms. The van der Waals surface area contributed by atoms with E-state index in [2.05, 4.69) is 0 Å². The molecular formula is C11H12N2O4. The number of ether oxygens (including phenoxy) is 1. The first-order valence-electron chi connectivity index (χ1n) is 5.07. The van der Waals surface area contributed by atoms with Crippen LogP contribution in [0.5, 0.6) is 5.75 Å². The standard InChI is InChI=1S/C11H12N2O4/c1-6-4-8(13(15)16)10(17-3)7-5-12(2)11(14)9(6)7/h4H,5H2,1-3H3. The number of hydrogen-bond acceptors (Lipinski definition) is 4. The van der Waals surface area contributed by atoms with E-state index in [9.17, 15) is 14.9 Å². The Kier molecular flexibility index (Phi) is 2.49. The first-order chi connectivity index (χ1) is 7.97. The third-order valence-corrected chi connectivity index (χ3v) is 2.91. The van der Waals surface area contributed by atoms with E-state index in [0.717, 1.165) is 0 Å². The molecule has 0 saturated heterocycles. The van der Waals surface area contributed by atoms with Crippen LogP contribution in [0.15, 0.2) is 6.07 Å². The van der Waals surface area contributed by atoms with Crippen LogP contribution in [0.2, 0.25) is 0 Å². The molecule has 0 aromatic heterocycles. The van der Waals surface area contributed by atoms with Crippen molar-refractivity contribution in [2.45, 2.75) is 13.5 Å². The molecule has 1 amide bonds. The van der Waals surface area contributed by atoms with E-state index >= 15 is 0 Å². The van der Waals surface area contributed by atoms with Crippen LogP contribution in [-0.4, -0.2) is 29.9 Å². The van der Waals surface area contributed by atoms with Crippen molar-refractivity contribution in [2.75, 3.05) is 14.2 Å². The lowest BCUT2D eigenvalue weighted by atomic mass is 10.0. The van der Waals surface area contributed by atoms with Gasteiger partial charge in [-0.1, -0.05) is 0 Å². The van der Waals surface area contributed by atoms with Gasteiger partial charge in [0.05, 0.1) is 24.1 Å². The largest absolute Gasteiger partial charge is 0.490 e. The molecule has 0 aliphatic carbocycles. The van der Waals surface area contributed by atoms with Gasteiger partial charge in [0.2, 0.25) is 5.75 Å². The van der Waals surface area contributed by atoms with Crippen molar-refractivity contribution in [3.05, 3.63) is 32.9 Å². The van der Waals surface area contributed by atoms with Gasteiger partial charge in [-0.05, 0) is 12.5 Å². The fraction of sp³-hybridized carbons (Fsp3) is 0.364. The summed E-state index contributed by atoms with van der Waals surface area (Å²) in [6, 6.07) is 1.38. The highest BCUT2D eigenvalue weighted by molar-refractivity contribution is 6.01. The van der Waals surface area contributed by atoms with Crippen molar-refractivity contribution in [1.82, 2.24) is 4.90 Å². The Morgan fingerprint density at radius 3 is 2.71 bits per heavy atom. The number of rotatable bonds is 2. The summed E-state index contributed by atoms with van der Waals surface area (Å²) < 4.78 is 5.08. The lowest BCUT2D eigenvalue weighted by molar-refractivity contribution is -0.385. The van der Waals surface area contributed by atoms with Gasteiger partial charge < -0.3 is 9.64 Å². The highest BCUT2D eigenvalue weighted by Crippen LogP contribution is 2.39. The summed E-state index contributed by atoms with van der Waals surface area (Å²) in [6.45, 7) is 2.04. The first kappa shape index (κ1) is 11.4. The minimum Gasteiger partial charge on any atom is -0.490 e. The van der Waals surface area contributed by atoms with Gasteiger partial charge in [-0.15, -0.1) is 0 Å². The molecule has 6 heteroatoms. The van der Waals surface area contributed by atoms with Crippen LogP contribution >= 0.6 is 0 Å². The van der Waals surface area contributed by atoms with Crippen LogP contribution in [0, 0.1) is 17.0 Å². The maximum absolute atomic E-state index is 11.9. The monoisotopic (exact) mass is 236 g/mol. The zero-order valence-corrected chi connectivity index (χ0v) is 9.81. The predicted octanol–water partition coefficient (Wildman–Crippen LogP) is 1.50. The average Bonchev–Trinajstić information content (AvgIpc) is 2.55. The predicted molar refractivity (Wildman–Crippen MR) is 60.2 cm³/mol. The lowest BCUT2D eigenvalue weighted by Gasteiger charge is -2.08. The summed E-state index contributed by atoms with van der Waals surface area (Å²) in [4.78, 5) is 23.8. The second-order valence-corrected chi connectivity index (χ2v) is 4.02. The van der Waals surface area contributed by atoms with Crippen molar-refractivity contribution in [2.24, 2.45) is 0 Å². The number of nitro benzene ring substituents is 1. The van der Waals surface area contributed by atoms with E-state index in [1.54, 1.807) is 14.0 Å². The van der Waals surface area contributed by atoms with E-state index in [0.29, 0.717) is 23.2 Å². The number of methoxy groups -OCH3 is 1. The summed E-state index contributed by atoms with van der Waals surface area (Å²) in [6.07, 6.45) is 0. The van der Waals surface area contributed by atoms with Gasteiger partial charge in [0, 0.05) is 18.7 Å². The summed E-state index contributed by atoms with van der Waals surface area (Å²) in [5.74, 6) is 0.0685. The third kappa shape index (κ3) is 1.52. The molecule has 0 spiro atoms. The Bertz CT molecular complexity index is 525. The molecule has 0 bridgehead atoms. The number of nitrogens with zero attached hydrogens (tertiary/aromatic N) is 2. The van der Waals surface area contributed by atoms with Gasteiger partial charge >= 0.3 is 5.69 Å². The van der Waals surface area contributed by atoms with Crippen LogP contribution in [0.25, 0.3) is 0 Å². The molecule has 1 aromatic carbocycles. The van der Waals surface area contributed by atoms with Crippen LogP contribution in [0.1, 0.15) is 21.5 Å². The van der Waals surface area contributed by atoms with Gasteiger partial charge in [0.1, 0.15) is 0 Å². The van der Waals surface area contributed by atoms with Crippen LogP contribution in [-0.2, 0) is 6.54 Å². The Hall–Kier alpha value is -2.11. The zero-order chi connectivity index (χ0) is 12.7. The van der Waals surface area contributed by atoms with Crippen LogP contribution in [0.3, 0.4) is 0 Å². The fourth-order valence-corrected chi connectivity index (χ4v) is 2.16. The van der Waals surface area contributed by atoms with Crippen LogP contribution in [0.4, 0.5) is 5.69 Å². The van der Waals surface area contributed by atoms with Gasteiger partial charge in [-0.3, -0.25) is 14.9 Å². The van der Waals surface area contributed by atoms with E-state index in [1.807, 2.05) is 0 Å². The number of aryl methyl sites for hydroxylation is 1. The maximum atomic E-state index is 11.9. The molecule has 0 atom stereocenters. The normalized spacial score (nSPS) is 13.8. The minimum absolute atomic E-state index is 0.0909. The molecule has 0 radical (unpaired) electrons. The molecule has 2 rings (SSSR count). The summed E-state index contributed by atoms with van der Waals surface area (Å²) in [7, 11) is 3.04. The number of fused-ring (bicyclic) bond motifs is 1. The second kappa shape index (κ2) is 3.73. The van der Waals surface area contributed by atoms with Crippen molar-refractivity contribution in [3.8, 4) is 5.75 Å². The number of carbonyl (C=O) groups is 1. The van der Waals surface area contributed by atoms with E-state index in [4.69, 9.17) is 4.74 Å². The fourth-order valence-electron chi connectivity index (χ4n) is 2.16. The molecule has 0 N–H and O–H groups in total.